The maximum Gasteiger partial charge on any atom is 0.231 e. The molecule has 2 aliphatic rings. The molecule has 0 saturated carbocycles. The SMILES string of the molecule is CCCCCCCCCc1c2[n+](cc3c(OCCC)c(OC)ccc13)CCc1cc3c(cc1-2)OCO3. The van der Waals surface area contributed by atoms with Crippen molar-refractivity contribution >= 4 is 10.8 Å². The summed E-state index contributed by atoms with van der Waals surface area (Å²) in [7, 11) is 1.73. The predicted molar refractivity (Wildman–Crippen MR) is 143 cm³/mol. The minimum absolute atomic E-state index is 0.304. The minimum atomic E-state index is 0.304. The lowest BCUT2D eigenvalue weighted by atomic mass is 9.89. The van der Waals surface area contributed by atoms with Crippen LogP contribution in [0.3, 0.4) is 0 Å². The summed E-state index contributed by atoms with van der Waals surface area (Å²) >= 11 is 0. The highest BCUT2D eigenvalue weighted by Gasteiger charge is 2.32. The molecule has 5 rings (SSSR count). The number of aryl methyl sites for hydroxylation is 3. The van der Waals surface area contributed by atoms with Gasteiger partial charge in [-0.3, -0.25) is 0 Å². The number of benzene rings is 2. The molecule has 192 valence electrons. The first-order valence-electron chi connectivity index (χ1n) is 13.9. The van der Waals surface area contributed by atoms with E-state index in [9.17, 15) is 0 Å². The number of unbranched alkanes of at least 4 members (excludes halogenated alkanes) is 6. The monoisotopic (exact) mass is 490 g/mol. The summed E-state index contributed by atoms with van der Waals surface area (Å²) in [5.41, 5.74) is 5.34. The number of hydrogen-bond donors (Lipinski definition) is 0. The number of ether oxygens (including phenoxy) is 4. The molecule has 3 aromatic rings. The zero-order chi connectivity index (χ0) is 24.9. The van der Waals surface area contributed by atoms with Crippen LogP contribution in [0.15, 0.2) is 30.5 Å². The average Bonchev–Trinajstić information content (AvgIpc) is 3.36. The Bertz CT molecular complexity index is 1220. The van der Waals surface area contributed by atoms with Crippen LogP contribution >= 0.6 is 0 Å². The van der Waals surface area contributed by atoms with Crippen LogP contribution < -0.4 is 23.5 Å². The number of nitrogens with zero attached hydrogens (tertiary/aromatic N) is 1. The molecule has 36 heavy (non-hydrogen) atoms. The first-order chi connectivity index (χ1) is 17.7. The van der Waals surface area contributed by atoms with Gasteiger partial charge >= 0.3 is 0 Å². The van der Waals surface area contributed by atoms with Gasteiger partial charge in [0.1, 0.15) is 0 Å². The quantitative estimate of drug-likeness (QED) is 0.199. The lowest BCUT2D eigenvalue weighted by Crippen LogP contribution is -2.41. The molecular weight excluding hydrogens is 450 g/mol. The van der Waals surface area contributed by atoms with Crippen molar-refractivity contribution in [2.75, 3.05) is 20.5 Å². The van der Waals surface area contributed by atoms with Gasteiger partial charge in [-0.05, 0) is 49.1 Å². The maximum absolute atomic E-state index is 6.27. The van der Waals surface area contributed by atoms with Gasteiger partial charge in [-0.25, -0.2) is 0 Å². The molecule has 0 aliphatic carbocycles. The van der Waals surface area contributed by atoms with Crippen molar-refractivity contribution < 1.29 is 23.5 Å². The lowest BCUT2D eigenvalue weighted by molar-refractivity contribution is -0.686. The second-order valence-electron chi connectivity index (χ2n) is 10.0. The van der Waals surface area contributed by atoms with Gasteiger partial charge in [-0.2, -0.15) is 4.57 Å². The summed E-state index contributed by atoms with van der Waals surface area (Å²) in [6, 6.07) is 8.68. The molecule has 5 heteroatoms. The number of fused-ring (bicyclic) bond motifs is 5. The first kappa shape index (κ1) is 24.7. The van der Waals surface area contributed by atoms with E-state index in [1.807, 2.05) is 0 Å². The Labute approximate surface area is 215 Å². The van der Waals surface area contributed by atoms with Gasteiger partial charge in [0, 0.05) is 17.4 Å². The molecule has 3 heterocycles. The fourth-order valence-corrected chi connectivity index (χ4v) is 5.66. The van der Waals surface area contributed by atoms with E-state index in [1.54, 1.807) is 7.11 Å². The zero-order valence-electron chi connectivity index (χ0n) is 22.2. The Morgan fingerprint density at radius 3 is 2.44 bits per heavy atom. The fraction of sp³-hybridized carbons (Fsp3) is 0.516. The smallest absolute Gasteiger partial charge is 0.231 e. The van der Waals surface area contributed by atoms with Crippen LogP contribution in [0.4, 0.5) is 0 Å². The van der Waals surface area contributed by atoms with E-state index < -0.39 is 0 Å². The molecule has 0 N–H and O–H groups in total. The second kappa shape index (κ2) is 11.4. The number of pyridine rings is 1. The van der Waals surface area contributed by atoms with Crippen molar-refractivity contribution in [3.8, 4) is 34.3 Å². The summed E-state index contributed by atoms with van der Waals surface area (Å²) < 4.78 is 25.9. The maximum atomic E-state index is 6.27. The van der Waals surface area contributed by atoms with Gasteiger partial charge in [0.2, 0.25) is 12.5 Å². The summed E-state index contributed by atoms with van der Waals surface area (Å²) in [5, 5.41) is 2.42. The number of methoxy groups -OCH3 is 1. The normalized spacial score (nSPS) is 13.5. The van der Waals surface area contributed by atoms with E-state index in [0.29, 0.717) is 13.4 Å². The molecule has 0 amide bonds. The van der Waals surface area contributed by atoms with Gasteiger partial charge in [-0.15, -0.1) is 0 Å². The standard InChI is InChI=1S/C31H40NO4/c1-4-6-7-8-9-10-11-12-24-23-13-14-27(33-3)31(34-17-5-2)26(23)20-32-16-15-22-18-28-29(36-21-35-28)19-25(22)30(24)32/h13-14,18-20H,4-12,15-17,21H2,1-3H3/q+1. The van der Waals surface area contributed by atoms with E-state index in [2.05, 4.69) is 48.9 Å². The first-order valence-corrected chi connectivity index (χ1v) is 13.9. The van der Waals surface area contributed by atoms with Crippen LogP contribution in [0.5, 0.6) is 23.0 Å². The van der Waals surface area contributed by atoms with Crippen LogP contribution in [0.2, 0.25) is 0 Å². The van der Waals surface area contributed by atoms with E-state index in [-0.39, 0.29) is 0 Å². The van der Waals surface area contributed by atoms with E-state index in [0.717, 1.165) is 54.2 Å². The Morgan fingerprint density at radius 1 is 0.889 bits per heavy atom. The molecule has 0 unspecified atom stereocenters. The van der Waals surface area contributed by atoms with E-state index in [1.165, 1.54) is 72.7 Å². The molecule has 2 aliphatic heterocycles. The highest BCUT2D eigenvalue weighted by molar-refractivity contribution is 5.95. The zero-order valence-corrected chi connectivity index (χ0v) is 22.2. The highest BCUT2D eigenvalue weighted by atomic mass is 16.7. The van der Waals surface area contributed by atoms with E-state index >= 15 is 0 Å². The van der Waals surface area contributed by atoms with Gasteiger partial charge in [0.15, 0.2) is 35.7 Å². The van der Waals surface area contributed by atoms with Crippen molar-refractivity contribution in [3.63, 3.8) is 0 Å². The Kier molecular flexibility index (Phi) is 7.84. The largest absolute Gasteiger partial charge is 0.493 e. The molecule has 5 nitrogen and oxygen atoms in total. The Balaban J connectivity index is 1.58. The molecule has 0 fully saturated rings. The topological polar surface area (TPSA) is 40.8 Å². The fourth-order valence-electron chi connectivity index (χ4n) is 5.66. The minimum Gasteiger partial charge on any atom is -0.493 e. The van der Waals surface area contributed by atoms with Crippen molar-refractivity contribution in [1.82, 2.24) is 0 Å². The second-order valence-corrected chi connectivity index (χ2v) is 10.0. The van der Waals surface area contributed by atoms with Gasteiger partial charge < -0.3 is 18.9 Å². The molecular formula is C31H40NO4+. The van der Waals surface area contributed by atoms with Crippen LogP contribution in [-0.2, 0) is 19.4 Å². The van der Waals surface area contributed by atoms with Crippen molar-refractivity contribution in [3.05, 3.63) is 41.6 Å². The van der Waals surface area contributed by atoms with Crippen molar-refractivity contribution in [1.29, 1.82) is 0 Å². The van der Waals surface area contributed by atoms with Crippen molar-refractivity contribution in [2.45, 2.75) is 84.6 Å². The molecule has 0 spiro atoms. The molecule has 0 radical (unpaired) electrons. The molecule has 0 saturated heterocycles. The summed E-state index contributed by atoms with van der Waals surface area (Å²) in [5.74, 6) is 3.39. The van der Waals surface area contributed by atoms with Gasteiger partial charge in [0.05, 0.1) is 24.7 Å². The number of rotatable bonds is 12. The highest BCUT2D eigenvalue weighted by Crippen LogP contribution is 2.44. The lowest BCUT2D eigenvalue weighted by Gasteiger charge is -2.21. The van der Waals surface area contributed by atoms with Gasteiger partial charge in [-0.1, -0.05) is 52.4 Å². The number of aromatic nitrogens is 1. The Hall–Kier alpha value is -2.95. The third-order valence-electron chi connectivity index (χ3n) is 7.52. The summed E-state index contributed by atoms with van der Waals surface area (Å²) in [6.07, 6.45) is 14.4. The average molecular weight is 491 g/mol. The number of hydrogen-bond acceptors (Lipinski definition) is 4. The third-order valence-corrected chi connectivity index (χ3v) is 7.52. The van der Waals surface area contributed by atoms with E-state index in [4.69, 9.17) is 18.9 Å². The molecule has 1 aromatic heterocycles. The summed E-state index contributed by atoms with van der Waals surface area (Å²) in [6.45, 7) is 6.34. The van der Waals surface area contributed by atoms with Crippen LogP contribution in [0.1, 0.15) is 76.3 Å². The van der Waals surface area contributed by atoms with Crippen LogP contribution in [-0.4, -0.2) is 20.5 Å². The third kappa shape index (κ3) is 4.85. The Morgan fingerprint density at radius 2 is 1.67 bits per heavy atom. The summed E-state index contributed by atoms with van der Waals surface area (Å²) in [4.78, 5) is 0. The molecule has 0 bridgehead atoms. The molecule has 0 atom stereocenters. The van der Waals surface area contributed by atoms with Crippen LogP contribution in [0, 0.1) is 0 Å². The van der Waals surface area contributed by atoms with Crippen LogP contribution in [0.25, 0.3) is 22.0 Å². The predicted octanol–water partition coefficient (Wildman–Crippen LogP) is 7.17. The molecule has 2 aromatic carbocycles. The van der Waals surface area contributed by atoms with Gasteiger partial charge in [0.25, 0.3) is 0 Å². The van der Waals surface area contributed by atoms with Crippen molar-refractivity contribution in [2.24, 2.45) is 0 Å².